The Morgan fingerprint density at radius 2 is 2.24 bits per heavy atom. The highest BCUT2D eigenvalue weighted by Gasteiger charge is 2.18. The maximum atomic E-state index is 11.2. The summed E-state index contributed by atoms with van der Waals surface area (Å²) in [4.78, 5) is 34.7. The van der Waals surface area contributed by atoms with Gasteiger partial charge in [-0.05, 0) is 0 Å². The predicted octanol–water partition coefficient (Wildman–Crippen LogP) is -1.32. The molecule has 0 spiro atoms. The lowest BCUT2D eigenvalue weighted by Gasteiger charge is -2.11. The van der Waals surface area contributed by atoms with Crippen LogP contribution in [0.5, 0.6) is 0 Å². The Hall–Kier alpha value is -1.87. The number of hydrogen-bond donors (Lipinski definition) is 5. The lowest BCUT2D eigenvalue weighted by molar-refractivity contribution is -0.140. The van der Waals surface area contributed by atoms with Gasteiger partial charge in [-0.15, -0.1) is 0 Å². The van der Waals surface area contributed by atoms with Gasteiger partial charge in [-0.1, -0.05) is 11.3 Å². The number of carboxylic acid groups (broad SMARTS) is 1. The normalized spacial score (nSPS) is 11.8. The zero-order valence-electron chi connectivity index (χ0n) is 8.60. The molecule has 1 rings (SSSR count). The summed E-state index contributed by atoms with van der Waals surface area (Å²) in [5.41, 5.74) is 0.519. The largest absolute Gasteiger partial charge is 0.480 e. The number of aromatic amines is 1. The first kappa shape index (κ1) is 13.2. The van der Waals surface area contributed by atoms with Gasteiger partial charge in [0, 0.05) is 11.1 Å². The second-order valence-electron chi connectivity index (χ2n) is 3.07. The zero-order valence-corrected chi connectivity index (χ0v) is 9.41. The van der Waals surface area contributed by atoms with Gasteiger partial charge in [-0.25, -0.2) is 9.59 Å². The van der Waals surface area contributed by atoms with Crippen LogP contribution in [0.4, 0.5) is 4.79 Å². The van der Waals surface area contributed by atoms with E-state index in [1.54, 1.807) is 5.38 Å². The quantitative estimate of drug-likeness (QED) is 0.448. The summed E-state index contributed by atoms with van der Waals surface area (Å²) < 4.78 is 0. The summed E-state index contributed by atoms with van der Waals surface area (Å²) in [5, 5.41) is 23.2. The molecule has 2 amide bonds. The molecule has 1 aromatic heterocycles. The lowest BCUT2D eigenvalue weighted by Crippen LogP contribution is -2.47. The fraction of sp³-hybridized carbons (Fsp3) is 0.375. The number of hydrogen-bond acceptors (Lipinski definition) is 5. The van der Waals surface area contributed by atoms with Gasteiger partial charge in [0.2, 0.25) is 0 Å². The number of amides is 2. The van der Waals surface area contributed by atoms with Crippen molar-refractivity contribution in [1.82, 2.24) is 15.6 Å². The molecular weight excluding hydrogens is 250 g/mol. The maximum Gasteiger partial charge on any atom is 0.328 e. The van der Waals surface area contributed by atoms with Crippen LogP contribution in [0.2, 0.25) is 0 Å². The SMILES string of the molecule is O=C(NCc1csc(=O)[nH]1)N[C@H](CO)C(=O)O. The van der Waals surface area contributed by atoms with Crippen LogP contribution in [-0.4, -0.2) is 39.8 Å². The van der Waals surface area contributed by atoms with E-state index in [0.717, 1.165) is 11.3 Å². The van der Waals surface area contributed by atoms with Crippen LogP contribution in [0.15, 0.2) is 10.2 Å². The number of urea groups is 1. The van der Waals surface area contributed by atoms with Crippen molar-refractivity contribution in [3.63, 3.8) is 0 Å². The third-order valence-electron chi connectivity index (χ3n) is 1.80. The van der Waals surface area contributed by atoms with Crippen LogP contribution >= 0.6 is 11.3 Å². The average Bonchev–Trinajstić information content (AvgIpc) is 2.68. The molecule has 9 heteroatoms. The highest BCUT2D eigenvalue weighted by molar-refractivity contribution is 7.07. The predicted molar refractivity (Wildman–Crippen MR) is 58.8 cm³/mol. The van der Waals surface area contributed by atoms with Crippen molar-refractivity contribution in [2.24, 2.45) is 0 Å². The number of aromatic nitrogens is 1. The monoisotopic (exact) mass is 261 g/mol. The van der Waals surface area contributed by atoms with Gasteiger partial charge >= 0.3 is 16.9 Å². The zero-order chi connectivity index (χ0) is 12.8. The second kappa shape index (κ2) is 6.01. The molecule has 0 aliphatic carbocycles. The highest BCUT2D eigenvalue weighted by Crippen LogP contribution is 1.94. The number of carbonyl (C=O) groups excluding carboxylic acids is 1. The maximum absolute atomic E-state index is 11.2. The first-order valence-corrected chi connectivity index (χ1v) is 5.45. The Morgan fingerprint density at radius 1 is 1.53 bits per heavy atom. The number of H-pyrrole nitrogens is 1. The van der Waals surface area contributed by atoms with Gasteiger partial charge in [0.05, 0.1) is 13.2 Å². The van der Waals surface area contributed by atoms with Gasteiger partial charge in [-0.2, -0.15) is 0 Å². The van der Waals surface area contributed by atoms with Gasteiger partial charge in [0.1, 0.15) is 0 Å². The molecular formula is C8H11N3O5S. The van der Waals surface area contributed by atoms with Crippen LogP contribution in [0.1, 0.15) is 5.69 Å². The van der Waals surface area contributed by atoms with Crippen LogP contribution in [0.25, 0.3) is 0 Å². The van der Waals surface area contributed by atoms with Gasteiger partial charge in [0.15, 0.2) is 6.04 Å². The van der Waals surface area contributed by atoms with Gasteiger partial charge in [-0.3, -0.25) is 4.79 Å². The summed E-state index contributed by atoms with van der Waals surface area (Å²) in [6.45, 7) is -0.625. The molecule has 1 atom stereocenters. The minimum Gasteiger partial charge on any atom is -0.480 e. The molecule has 0 bridgehead atoms. The highest BCUT2D eigenvalue weighted by atomic mass is 32.1. The number of rotatable bonds is 5. The Labute approximate surface area is 99.3 Å². The fourth-order valence-electron chi connectivity index (χ4n) is 0.971. The molecule has 1 aromatic rings. The molecule has 0 aliphatic rings. The minimum absolute atomic E-state index is 0.0718. The molecule has 0 radical (unpaired) electrons. The third-order valence-corrected chi connectivity index (χ3v) is 2.51. The van der Waals surface area contributed by atoms with E-state index in [-0.39, 0.29) is 11.4 Å². The van der Waals surface area contributed by atoms with E-state index < -0.39 is 24.6 Å². The van der Waals surface area contributed by atoms with E-state index >= 15 is 0 Å². The molecule has 8 nitrogen and oxygen atoms in total. The number of carbonyl (C=O) groups is 2. The molecule has 94 valence electrons. The van der Waals surface area contributed by atoms with Crippen molar-refractivity contribution < 1.29 is 19.8 Å². The van der Waals surface area contributed by atoms with E-state index in [1.165, 1.54) is 0 Å². The smallest absolute Gasteiger partial charge is 0.328 e. The number of thiazole rings is 1. The Bertz CT molecular complexity index is 454. The summed E-state index contributed by atoms with van der Waals surface area (Å²) in [5.74, 6) is -1.33. The van der Waals surface area contributed by atoms with Crippen molar-refractivity contribution in [1.29, 1.82) is 0 Å². The summed E-state index contributed by atoms with van der Waals surface area (Å²) in [6, 6.07) is -2.09. The lowest BCUT2D eigenvalue weighted by atomic mass is 10.3. The average molecular weight is 261 g/mol. The van der Waals surface area contributed by atoms with Gasteiger partial charge in [0.25, 0.3) is 0 Å². The fourth-order valence-corrected chi connectivity index (χ4v) is 1.55. The second-order valence-corrected chi connectivity index (χ2v) is 3.92. The van der Waals surface area contributed by atoms with E-state index in [9.17, 15) is 14.4 Å². The summed E-state index contributed by atoms with van der Waals surface area (Å²) >= 11 is 0.962. The van der Waals surface area contributed by atoms with Crippen molar-refractivity contribution in [2.45, 2.75) is 12.6 Å². The standard InChI is InChI=1S/C8H11N3O5S/c12-2-5(6(13)14)11-7(15)9-1-4-3-17-8(16)10-4/h3,5,12H,1-2H2,(H,10,16)(H,13,14)(H2,9,11,15)/t5-/m1/s1. The van der Waals surface area contributed by atoms with Crippen molar-refractivity contribution in [2.75, 3.05) is 6.61 Å². The Morgan fingerprint density at radius 3 is 2.71 bits per heavy atom. The number of aliphatic carboxylic acids is 1. The van der Waals surface area contributed by atoms with E-state index in [4.69, 9.17) is 10.2 Å². The van der Waals surface area contributed by atoms with Crippen molar-refractivity contribution >= 4 is 23.3 Å². The third kappa shape index (κ3) is 4.25. The van der Waals surface area contributed by atoms with Crippen LogP contribution in [0.3, 0.4) is 0 Å². The summed E-state index contributed by atoms with van der Waals surface area (Å²) in [7, 11) is 0. The molecule has 0 fully saturated rings. The van der Waals surface area contributed by atoms with Crippen LogP contribution in [0, 0.1) is 0 Å². The first-order valence-electron chi connectivity index (χ1n) is 4.57. The molecule has 0 unspecified atom stereocenters. The molecule has 0 saturated carbocycles. The molecule has 0 saturated heterocycles. The molecule has 0 aliphatic heterocycles. The van der Waals surface area contributed by atoms with Crippen molar-refractivity contribution in [3.05, 3.63) is 20.7 Å². The molecule has 5 N–H and O–H groups in total. The number of aliphatic hydroxyl groups excluding tert-OH is 1. The number of carboxylic acids is 1. The minimum atomic E-state index is -1.35. The number of aliphatic hydroxyl groups is 1. The van der Waals surface area contributed by atoms with Gasteiger partial charge < -0.3 is 25.8 Å². The van der Waals surface area contributed by atoms with E-state index in [2.05, 4.69) is 15.6 Å². The van der Waals surface area contributed by atoms with Crippen LogP contribution < -0.4 is 15.5 Å². The molecule has 17 heavy (non-hydrogen) atoms. The Kier molecular flexibility index (Phi) is 4.67. The van der Waals surface area contributed by atoms with E-state index in [1.807, 2.05) is 0 Å². The van der Waals surface area contributed by atoms with Crippen molar-refractivity contribution in [3.8, 4) is 0 Å². The Balaban J connectivity index is 2.39. The first-order chi connectivity index (χ1) is 8.02. The van der Waals surface area contributed by atoms with Crippen LogP contribution in [-0.2, 0) is 11.3 Å². The number of nitrogens with one attached hydrogen (secondary N) is 3. The topological polar surface area (TPSA) is 132 Å². The molecule has 1 heterocycles. The summed E-state index contributed by atoms with van der Waals surface area (Å²) in [6.07, 6.45) is 0. The van der Waals surface area contributed by atoms with E-state index in [0.29, 0.717) is 5.69 Å². The molecule has 0 aromatic carbocycles.